The second-order valence-electron chi connectivity index (χ2n) is 5.79. The van der Waals surface area contributed by atoms with E-state index >= 15 is 0 Å². The minimum absolute atomic E-state index is 0.121. The molecule has 0 bridgehead atoms. The van der Waals surface area contributed by atoms with E-state index in [1.165, 1.54) is 19.3 Å². The predicted molar refractivity (Wildman–Crippen MR) is 68.0 cm³/mol. The van der Waals surface area contributed by atoms with Gasteiger partial charge in [0.05, 0.1) is 0 Å². The molecule has 1 amide bonds. The van der Waals surface area contributed by atoms with E-state index in [9.17, 15) is 4.79 Å². The highest BCUT2D eigenvalue weighted by atomic mass is 16.2. The highest BCUT2D eigenvalue weighted by molar-refractivity contribution is 5.78. The zero-order valence-electron chi connectivity index (χ0n) is 10.8. The van der Waals surface area contributed by atoms with Gasteiger partial charge in [0.25, 0.3) is 0 Å². The summed E-state index contributed by atoms with van der Waals surface area (Å²) >= 11 is 0. The molecule has 0 radical (unpaired) electrons. The van der Waals surface area contributed by atoms with Crippen LogP contribution in [0.5, 0.6) is 0 Å². The van der Waals surface area contributed by atoms with Crippen LogP contribution in [0.15, 0.2) is 0 Å². The smallest absolute Gasteiger partial charge is 0.237 e. The number of nitrogens with one attached hydrogen (secondary N) is 1. The molecule has 2 rings (SSSR count). The van der Waals surface area contributed by atoms with Crippen molar-refractivity contribution >= 4 is 5.91 Å². The van der Waals surface area contributed by atoms with Gasteiger partial charge in [-0.25, -0.2) is 5.01 Å². The molecule has 1 heterocycles. The van der Waals surface area contributed by atoms with Crippen molar-refractivity contribution in [2.24, 2.45) is 17.6 Å². The third-order valence-electron chi connectivity index (χ3n) is 3.97. The molecule has 3 unspecified atom stereocenters. The molecule has 0 aromatic carbocycles. The largest absolute Gasteiger partial charge is 0.328 e. The molecule has 0 aromatic heterocycles. The fraction of sp³-hybridized carbons (Fsp3) is 0.923. The Labute approximate surface area is 104 Å². The first-order valence-electron chi connectivity index (χ1n) is 6.96. The van der Waals surface area contributed by atoms with E-state index in [1.54, 1.807) is 0 Å². The fourth-order valence-electron chi connectivity index (χ4n) is 3.12. The molecule has 0 spiro atoms. The molecule has 2 aliphatic rings. The molecule has 1 aliphatic heterocycles. The summed E-state index contributed by atoms with van der Waals surface area (Å²) in [5.41, 5.74) is 9.06. The number of hydrazine groups is 1. The average molecular weight is 239 g/mol. The maximum atomic E-state index is 12.1. The van der Waals surface area contributed by atoms with Crippen LogP contribution >= 0.6 is 0 Å². The van der Waals surface area contributed by atoms with Crippen LogP contribution in [-0.4, -0.2) is 30.0 Å². The van der Waals surface area contributed by atoms with Crippen molar-refractivity contribution in [3.8, 4) is 0 Å². The summed E-state index contributed by atoms with van der Waals surface area (Å²) in [4.78, 5) is 12.1. The van der Waals surface area contributed by atoms with E-state index in [-0.39, 0.29) is 17.9 Å². The number of nitrogens with zero attached hydrogens (tertiary/aromatic N) is 1. The summed E-state index contributed by atoms with van der Waals surface area (Å²) in [6, 6.07) is 0.204. The summed E-state index contributed by atoms with van der Waals surface area (Å²) in [5.74, 6) is 0.889. The van der Waals surface area contributed by atoms with Crippen molar-refractivity contribution in [3.63, 3.8) is 0 Å². The van der Waals surface area contributed by atoms with Crippen molar-refractivity contribution in [1.82, 2.24) is 10.4 Å². The Hall–Kier alpha value is -0.610. The number of piperidine rings is 1. The Morgan fingerprint density at radius 1 is 1.18 bits per heavy atom. The van der Waals surface area contributed by atoms with Gasteiger partial charge in [0.2, 0.25) is 5.91 Å². The third-order valence-corrected chi connectivity index (χ3v) is 3.97. The van der Waals surface area contributed by atoms with Gasteiger partial charge >= 0.3 is 0 Å². The van der Waals surface area contributed by atoms with Gasteiger partial charge in [-0.3, -0.25) is 10.2 Å². The number of carbonyl (C=O) groups excluding carboxylic acids is 1. The minimum atomic E-state index is 0.121. The SMILES string of the molecule is CC1CC(N)CC(C(=O)NN2CCCCC2)C1. The normalized spacial score (nSPS) is 35.5. The molecule has 1 saturated carbocycles. The van der Waals surface area contributed by atoms with E-state index in [1.807, 2.05) is 0 Å². The van der Waals surface area contributed by atoms with Gasteiger partial charge in [-0.2, -0.15) is 0 Å². The lowest BCUT2D eigenvalue weighted by Crippen LogP contribution is -2.49. The molecular formula is C13H25N3O. The Morgan fingerprint density at radius 3 is 2.53 bits per heavy atom. The number of amides is 1. The maximum absolute atomic E-state index is 12.1. The van der Waals surface area contributed by atoms with Crippen LogP contribution in [0.2, 0.25) is 0 Å². The summed E-state index contributed by atoms with van der Waals surface area (Å²) in [6.07, 6.45) is 6.59. The van der Waals surface area contributed by atoms with E-state index in [4.69, 9.17) is 5.73 Å². The Balaban J connectivity index is 1.81. The van der Waals surface area contributed by atoms with Gasteiger partial charge < -0.3 is 5.73 Å². The molecule has 3 atom stereocenters. The fourth-order valence-corrected chi connectivity index (χ4v) is 3.12. The highest BCUT2D eigenvalue weighted by Gasteiger charge is 2.30. The lowest BCUT2D eigenvalue weighted by molar-refractivity contribution is -0.132. The first-order chi connectivity index (χ1) is 8.15. The van der Waals surface area contributed by atoms with Crippen LogP contribution in [-0.2, 0) is 4.79 Å². The van der Waals surface area contributed by atoms with Gasteiger partial charge in [-0.05, 0) is 38.0 Å². The quantitative estimate of drug-likeness (QED) is 0.763. The summed E-state index contributed by atoms with van der Waals surface area (Å²) in [7, 11) is 0. The molecule has 98 valence electrons. The van der Waals surface area contributed by atoms with Crippen LogP contribution in [0.1, 0.15) is 45.4 Å². The zero-order valence-corrected chi connectivity index (χ0v) is 10.8. The van der Waals surface area contributed by atoms with Crippen LogP contribution in [0.4, 0.5) is 0 Å². The number of hydrogen-bond donors (Lipinski definition) is 2. The second kappa shape index (κ2) is 5.83. The minimum Gasteiger partial charge on any atom is -0.328 e. The zero-order chi connectivity index (χ0) is 12.3. The summed E-state index contributed by atoms with van der Waals surface area (Å²) in [5, 5.41) is 2.08. The number of hydrogen-bond acceptors (Lipinski definition) is 3. The van der Waals surface area contributed by atoms with Crippen LogP contribution < -0.4 is 11.2 Å². The Kier molecular flexibility index (Phi) is 4.40. The topological polar surface area (TPSA) is 58.4 Å². The summed E-state index contributed by atoms with van der Waals surface area (Å²) in [6.45, 7) is 4.19. The van der Waals surface area contributed by atoms with Gasteiger partial charge in [0.1, 0.15) is 0 Å². The first kappa shape index (κ1) is 12.8. The third kappa shape index (κ3) is 3.68. The number of rotatable bonds is 2. The molecular weight excluding hydrogens is 214 g/mol. The van der Waals surface area contributed by atoms with E-state index in [0.717, 1.165) is 32.4 Å². The van der Waals surface area contributed by atoms with E-state index in [2.05, 4.69) is 17.4 Å². The van der Waals surface area contributed by atoms with E-state index < -0.39 is 0 Å². The van der Waals surface area contributed by atoms with Gasteiger partial charge in [-0.1, -0.05) is 13.3 Å². The maximum Gasteiger partial charge on any atom is 0.237 e. The first-order valence-corrected chi connectivity index (χ1v) is 6.96. The molecule has 17 heavy (non-hydrogen) atoms. The standard InChI is InChI=1S/C13H25N3O/c1-10-7-11(9-12(14)8-10)13(17)15-16-5-3-2-4-6-16/h10-12H,2-9,14H2,1H3,(H,15,17). The van der Waals surface area contributed by atoms with Crippen molar-refractivity contribution in [3.05, 3.63) is 0 Å². The molecule has 1 aliphatic carbocycles. The van der Waals surface area contributed by atoms with Crippen LogP contribution in [0.3, 0.4) is 0 Å². The molecule has 1 saturated heterocycles. The van der Waals surface area contributed by atoms with Crippen molar-refractivity contribution in [1.29, 1.82) is 0 Å². The van der Waals surface area contributed by atoms with E-state index in [0.29, 0.717) is 5.92 Å². The van der Waals surface area contributed by atoms with Crippen LogP contribution in [0, 0.1) is 11.8 Å². The lowest BCUT2D eigenvalue weighted by Gasteiger charge is -2.33. The van der Waals surface area contributed by atoms with Crippen molar-refractivity contribution < 1.29 is 4.79 Å². The molecule has 0 aromatic rings. The summed E-state index contributed by atoms with van der Waals surface area (Å²) < 4.78 is 0. The number of nitrogens with two attached hydrogens (primary N) is 1. The monoisotopic (exact) mass is 239 g/mol. The molecule has 4 nitrogen and oxygen atoms in total. The molecule has 2 fully saturated rings. The Bertz CT molecular complexity index is 253. The van der Waals surface area contributed by atoms with Gasteiger partial charge in [0, 0.05) is 25.0 Å². The molecule has 3 N–H and O–H groups in total. The number of carbonyl (C=O) groups is 1. The van der Waals surface area contributed by atoms with Gasteiger partial charge in [0.15, 0.2) is 0 Å². The lowest BCUT2D eigenvalue weighted by atomic mass is 9.79. The van der Waals surface area contributed by atoms with Crippen molar-refractivity contribution in [2.75, 3.05) is 13.1 Å². The van der Waals surface area contributed by atoms with Gasteiger partial charge in [-0.15, -0.1) is 0 Å². The van der Waals surface area contributed by atoms with Crippen LogP contribution in [0.25, 0.3) is 0 Å². The predicted octanol–water partition coefficient (Wildman–Crippen LogP) is 1.27. The second-order valence-corrected chi connectivity index (χ2v) is 5.79. The highest BCUT2D eigenvalue weighted by Crippen LogP contribution is 2.28. The average Bonchev–Trinajstić information content (AvgIpc) is 2.29. The molecule has 4 heteroatoms. The Morgan fingerprint density at radius 2 is 1.88 bits per heavy atom. The van der Waals surface area contributed by atoms with Crippen molar-refractivity contribution in [2.45, 2.75) is 51.5 Å².